The summed E-state index contributed by atoms with van der Waals surface area (Å²) in [6, 6.07) is 10.2. The van der Waals surface area contributed by atoms with Crippen LogP contribution in [0.5, 0.6) is 0 Å². The lowest BCUT2D eigenvalue weighted by molar-refractivity contribution is 0.0698. The van der Waals surface area contributed by atoms with Crippen molar-refractivity contribution < 1.29 is 14.7 Å². The Morgan fingerprint density at radius 2 is 1.80 bits per heavy atom. The van der Waals surface area contributed by atoms with Crippen LogP contribution in [0.4, 0.5) is 10.5 Å². The average Bonchev–Trinajstić information content (AvgIpc) is 2.44. The molecule has 2 amide bonds. The molecule has 0 atom stereocenters. The predicted octanol–water partition coefficient (Wildman–Crippen LogP) is 3.07. The van der Waals surface area contributed by atoms with Crippen molar-refractivity contribution in [2.24, 2.45) is 0 Å². The number of anilines is 1. The molecule has 0 aliphatic rings. The summed E-state index contributed by atoms with van der Waals surface area (Å²) < 4.78 is 0. The first-order valence-electron chi connectivity index (χ1n) is 6.42. The van der Waals surface area contributed by atoms with Crippen LogP contribution in [-0.2, 0) is 0 Å². The molecular weight excluding hydrogens is 256 g/mol. The molecule has 2 rings (SSSR count). The number of carbonyl (C=O) groups excluding carboxylic acids is 1. The van der Waals surface area contributed by atoms with Crippen LogP contribution in [0, 0.1) is 0 Å². The Kier molecular flexibility index (Phi) is 4.20. The van der Waals surface area contributed by atoms with Crippen molar-refractivity contribution in [3.8, 4) is 0 Å². The summed E-state index contributed by atoms with van der Waals surface area (Å²) in [4.78, 5) is 23.0. The van der Waals surface area contributed by atoms with Crippen LogP contribution >= 0.6 is 0 Å². The fourth-order valence-corrected chi connectivity index (χ4v) is 1.93. The van der Waals surface area contributed by atoms with Gasteiger partial charge in [-0.1, -0.05) is 31.2 Å². The van der Waals surface area contributed by atoms with Gasteiger partial charge >= 0.3 is 12.0 Å². The van der Waals surface area contributed by atoms with Crippen molar-refractivity contribution in [1.82, 2.24) is 5.32 Å². The number of rotatable bonds is 4. The first kappa shape index (κ1) is 13.9. The lowest BCUT2D eigenvalue weighted by atomic mass is 10.0. The fraction of sp³-hybridized carbons (Fsp3) is 0.200. The second-order valence-corrected chi connectivity index (χ2v) is 4.43. The molecule has 3 N–H and O–H groups in total. The Labute approximate surface area is 116 Å². The number of carboxylic acids is 1. The highest BCUT2D eigenvalue weighted by Crippen LogP contribution is 2.24. The lowest BCUT2D eigenvalue weighted by Crippen LogP contribution is -2.29. The first-order chi connectivity index (χ1) is 9.61. The van der Waals surface area contributed by atoms with Crippen molar-refractivity contribution in [2.45, 2.75) is 13.3 Å². The van der Waals surface area contributed by atoms with E-state index in [1.165, 1.54) is 0 Å². The second kappa shape index (κ2) is 6.06. The topological polar surface area (TPSA) is 78.4 Å². The Morgan fingerprint density at radius 1 is 1.15 bits per heavy atom. The molecule has 0 aliphatic carbocycles. The van der Waals surface area contributed by atoms with Crippen LogP contribution in [-0.4, -0.2) is 23.7 Å². The SMILES string of the molecule is CCCNC(=O)Nc1cc2ccccc2cc1C(=O)O. The first-order valence-corrected chi connectivity index (χ1v) is 6.42. The summed E-state index contributed by atoms with van der Waals surface area (Å²) in [6.45, 7) is 2.49. The maximum absolute atomic E-state index is 11.7. The van der Waals surface area contributed by atoms with Crippen LogP contribution < -0.4 is 10.6 Å². The van der Waals surface area contributed by atoms with Crippen LogP contribution in [0.3, 0.4) is 0 Å². The van der Waals surface area contributed by atoms with E-state index in [0.29, 0.717) is 12.2 Å². The molecule has 20 heavy (non-hydrogen) atoms. The third-order valence-electron chi connectivity index (χ3n) is 2.90. The summed E-state index contributed by atoms with van der Waals surface area (Å²) >= 11 is 0. The average molecular weight is 272 g/mol. The van der Waals surface area contributed by atoms with Crippen LogP contribution in [0.2, 0.25) is 0 Å². The smallest absolute Gasteiger partial charge is 0.337 e. The standard InChI is InChI=1S/C15H16N2O3/c1-2-7-16-15(20)17-13-9-11-6-4-3-5-10(11)8-12(13)14(18)19/h3-6,8-9H,2,7H2,1H3,(H,18,19)(H2,16,17,20). The lowest BCUT2D eigenvalue weighted by Gasteiger charge is -2.11. The minimum Gasteiger partial charge on any atom is -0.478 e. The maximum Gasteiger partial charge on any atom is 0.337 e. The number of carbonyl (C=O) groups is 2. The van der Waals surface area contributed by atoms with Gasteiger partial charge in [0.05, 0.1) is 11.3 Å². The third kappa shape index (κ3) is 3.06. The van der Waals surface area contributed by atoms with Crippen LogP contribution in [0.1, 0.15) is 23.7 Å². The van der Waals surface area contributed by atoms with E-state index < -0.39 is 12.0 Å². The molecule has 0 spiro atoms. The van der Waals surface area contributed by atoms with Gasteiger partial charge in [0, 0.05) is 6.54 Å². The van der Waals surface area contributed by atoms with Gasteiger partial charge in [-0.2, -0.15) is 0 Å². The van der Waals surface area contributed by atoms with Gasteiger partial charge in [0.1, 0.15) is 0 Å². The highest BCUT2D eigenvalue weighted by atomic mass is 16.4. The normalized spacial score (nSPS) is 10.2. The predicted molar refractivity (Wildman–Crippen MR) is 78.2 cm³/mol. The van der Waals surface area contributed by atoms with E-state index >= 15 is 0 Å². The zero-order chi connectivity index (χ0) is 14.5. The summed E-state index contributed by atoms with van der Waals surface area (Å²) in [5.41, 5.74) is 0.375. The highest BCUT2D eigenvalue weighted by Gasteiger charge is 2.13. The Hall–Kier alpha value is -2.56. The molecule has 0 unspecified atom stereocenters. The highest BCUT2D eigenvalue weighted by molar-refractivity contribution is 6.04. The van der Waals surface area contributed by atoms with E-state index in [1.807, 2.05) is 31.2 Å². The van der Waals surface area contributed by atoms with Crippen molar-refractivity contribution in [3.05, 3.63) is 42.0 Å². The molecule has 0 heterocycles. The maximum atomic E-state index is 11.7. The van der Waals surface area contributed by atoms with Gasteiger partial charge in [-0.3, -0.25) is 0 Å². The molecule has 0 radical (unpaired) electrons. The molecule has 0 bridgehead atoms. The molecular formula is C15H16N2O3. The van der Waals surface area contributed by atoms with Crippen molar-refractivity contribution in [3.63, 3.8) is 0 Å². The number of hydrogen-bond acceptors (Lipinski definition) is 2. The van der Waals surface area contributed by atoms with Gasteiger partial charge in [-0.05, 0) is 29.3 Å². The summed E-state index contributed by atoms with van der Waals surface area (Å²) in [5, 5.41) is 16.2. The Balaban J connectivity index is 2.37. The largest absolute Gasteiger partial charge is 0.478 e. The summed E-state index contributed by atoms with van der Waals surface area (Å²) in [6.07, 6.45) is 0.816. The zero-order valence-corrected chi connectivity index (χ0v) is 11.1. The molecule has 2 aromatic carbocycles. The number of carboxylic acid groups (broad SMARTS) is 1. The monoisotopic (exact) mass is 272 g/mol. The number of nitrogens with one attached hydrogen (secondary N) is 2. The number of benzene rings is 2. The van der Waals surface area contributed by atoms with E-state index in [-0.39, 0.29) is 5.56 Å². The van der Waals surface area contributed by atoms with Gasteiger partial charge in [0.15, 0.2) is 0 Å². The van der Waals surface area contributed by atoms with Gasteiger partial charge < -0.3 is 15.7 Å². The second-order valence-electron chi connectivity index (χ2n) is 4.43. The number of amides is 2. The van der Waals surface area contributed by atoms with Gasteiger partial charge in [-0.15, -0.1) is 0 Å². The Morgan fingerprint density at radius 3 is 2.40 bits per heavy atom. The van der Waals surface area contributed by atoms with Gasteiger partial charge in [0.2, 0.25) is 0 Å². The summed E-state index contributed by atoms with van der Waals surface area (Å²) in [5.74, 6) is -1.07. The molecule has 104 valence electrons. The van der Waals surface area contributed by atoms with Crippen LogP contribution in [0.25, 0.3) is 10.8 Å². The van der Waals surface area contributed by atoms with Crippen molar-refractivity contribution in [2.75, 3.05) is 11.9 Å². The zero-order valence-electron chi connectivity index (χ0n) is 11.1. The van der Waals surface area contributed by atoms with E-state index in [1.54, 1.807) is 12.1 Å². The fourth-order valence-electron chi connectivity index (χ4n) is 1.93. The number of fused-ring (bicyclic) bond motifs is 1. The summed E-state index contributed by atoms with van der Waals surface area (Å²) in [7, 11) is 0. The van der Waals surface area contributed by atoms with Crippen molar-refractivity contribution in [1.29, 1.82) is 0 Å². The number of hydrogen-bond donors (Lipinski definition) is 3. The van der Waals surface area contributed by atoms with Crippen LogP contribution in [0.15, 0.2) is 36.4 Å². The van der Waals surface area contributed by atoms with E-state index in [0.717, 1.165) is 17.2 Å². The Bertz CT molecular complexity index is 653. The van der Waals surface area contributed by atoms with Crippen molar-refractivity contribution >= 4 is 28.5 Å². The molecule has 0 aromatic heterocycles. The molecule has 5 nitrogen and oxygen atoms in total. The molecule has 0 saturated heterocycles. The van der Waals surface area contributed by atoms with E-state index in [9.17, 15) is 14.7 Å². The van der Waals surface area contributed by atoms with E-state index in [2.05, 4.69) is 10.6 Å². The number of urea groups is 1. The third-order valence-corrected chi connectivity index (χ3v) is 2.90. The number of aromatic carboxylic acids is 1. The molecule has 2 aromatic rings. The van der Waals surface area contributed by atoms with Gasteiger partial charge in [-0.25, -0.2) is 9.59 Å². The molecule has 5 heteroatoms. The molecule has 0 saturated carbocycles. The van der Waals surface area contributed by atoms with E-state index in [4.69, 9.17) is 0 Å². The molecule has 0 fully saturated rings. The van der Waals surface area contributed by atoms with Gasteiger partial charge in [0.25, 0.3) is 0 Å². The minimum absolute atomic E-state index is 0.0790. The quantitative estimate of drug-likeness (QED) is 0.800. The molecule has 0 aliphatic heterocycles. The minimum atomic E-state index is -1.07.